The molecule has 0 bridgehead atoms. The van der Waals surface area contributed by atoms with Crippen LogP contribution in [0.3, 0.4) is 0 Å². The summed E-state index contributed by atoms with van der Waals surface area (Å²) in [5, 5.41) is 4.94. The molecule has 0 aliphatic heterocycles. The Labute approximate surface area is 107 Å². The average Bonchev–Trinajstić information content (AvgIpc) is 2.60. The van der Waals surface area contributed by atoms with Crippen LogP contribution in [0.1, 0.15) is 45.0 Å². The van der Waals surface area contributed by atoms with Gasteiger partial charge in [-0.25, -0.2) is 0 Å². The van der Waals surface area contributed by atoms with Crippen molar-refractivity contribution in [1.29, 1.82) is 0 Å². The van der Waals surface area contributed by atoms with Crippen molar-refractivity contribution in [2.24, 2.45) is 5.73 Å². The Morgan fingerprint density at radius 3 is 2.81 bits per heavy atom. The fourth-order valence-corrected chi connectivity index (χ4v) is 2.68. The van der Waals surface area contributed by atoms with Gasteiger partial charge < -0.3 is 5.73 Å². The Kier molecular flexibility index (Phi) is 5.66. The molecule has 0 fully saturated rings. The van der Waals surface area contributed by atoms with Crippen molar-refractivity contribution >= 4 is 23.4 Å². The second-order valence-electron chi connectivity index (χ2n) is 4.10. The summed E-state index contributed by atoms with van der Waals surface area (Å²) in [6, 6.07) is 0.263. The van der Waals surface area contributed by atoms with E-state index in [0.717, 1.165) is 17.2 Å². The molecule has 1 unspecified atom stereocenters. The lowest BCUT2D eigenvalue weighted by atomic mass is 10.2. The number of thioether (sulfide) groups is 1. The van der Waals surface area contributed by atoms with Crippen LogP contribution < -0.4 is 5.73 Å². The third kappa shape index (κ3) is 3.40. The zero-order valence-corrected chi connectivity index (χ0v) is 11.7. The van der Waals surface area contributed by atoms with Gasteiger partial charge in [0.25, 0.3) is 0 Å². The minimum absolute atomic E-state index is 0.0334. The van der Waals surface area contributed by atoms with Crippen LogP contribution in [0.4, 0.5) is 0 Å². The Hall–Kier alpha value is -0.190. The van der Waals surface area contributed by atoms with E-state index in [2.05, 4.69) is 25.9 Å². The molecule has 1 heterocycles. The van der Waals surface area contributed by atoms with E-state index in [0.29, 0.717) is 11.1 Å². The minimum atomic E-state index is -0.0334. The molecule has 2 N–H and O–H groups in total. The summed E-state index contributed by atoms with van der Waals surface area (Å²) in [5.74, 6) is 2.03. The highest BCUT2D eigenvalue weighted by molar-refractivity contribution is 7.99. The van der Waals surface area contributed by atoms with Gasteiger partial charge >= 0.3 is 0 Å². The number of rotatable bonds is 6. The van der Waals surface area contributed by atoms with E-state index >= 15 is 0 Å². The van der Waals surface area contributed by atoms with E-state index in [4.69, 9.17) is 17.3 Å². The predicted molar refractivity (Wildman–Crippen MR) is 72.2 cm³/mol. The molecule has 5 heteroatoms. The molecule has 0 aromatic carbocycles. The molecule has 0 aliphatic rings. The summed E-state index contributed by atoms with van der Waals surface area (Å²) >= 11 is 7.99. The first-order valence-electron chi connectivity index (χ1n) is 5.64. The second kappa shape index (κ2) is 6.52. The minimum Gasteiger partial charge on any atom is -0.322 e. The SMILES string of the molecule is CCCSCC(N)c1c(Cl)cnn1C(C)C. The number of hydrogen-bond donors (Lipinski definition) is 1. The van der Waals surface area contributed by atoms with Crippen LogP contribution in [0, 0.1) is 0 Å². The third-order valence-electron chi connectivity index (χ3n) is 2.27. The van der Waals surface area contributed by atoms with Crippen LogP contribution in [0.5, 0.6) is 0 Å². The van der Waals surface area contributed by atoms with Gasteiger partial charge in [0.05, 0.1) is 23.0 Å². The van der Waals surface area contributed by atoms with Crippen molar-refractivity contribution in [2.45, 2.75) is 39.3 Å². The average molecular weight is 262 g/mol. The molecule has 0 saturated carbocycles. The van der Waals surface area contributed by atoms with Gasteiger partial charge in [-0.05, 0) is 26.0 Å². The first-order valence-corrected chi connectivity index (χ1v) is 7.17. The Morgan fingerprint density at radius 1 is 1.56 bits per heavy atom. The monoisotopic (exact) mass is 261 g/mol. The van der Waals surface area contributed by atoms with Crippen LogP contribution in [0.15, 0.2) is 6.20 Å². The molecule has 0 amide bonds. The van der Waals surface area contributed by atoms with E-state index in [-0.39, 0.29) is 6.04 Å². The van der Waals surface area contributed by atoms with E-state index in [1.807, 2.05) is 16.4 Å². The van der Waals surface area contributed by atoms with Gasteiger partial charge in [-0.15, -0.1) is 0 Å². The van der Waals surface area contributed by atoms with Crippen molar-refractivity contribution in [3.63, 3.8) is 0 Å². The molecule has 16 heavy (non-hydrogen) atoms. The predicted octanol–water partition coefficient (Wildman–Crippen LogP) is 3.26. The highest BCUT2D eigenvalue weighted by Crippen LogP contribution is 2.26. The summed E-state index contributed by atoms with van der Waals surface area (Å²) in [6.45, 7) is 6.33. The maximum Gasteiger partial charge on any atom is 0.0834 e. The molecule has 1 aromatic rings. The molecule has 3 nitrogen and oxygen atoms in total. The van der Waals surface area contributed by atoms with Gasteiger partial charge in [-0.2, -0.15) is 16.9 Å². The number of hydrogen-bond acceptors (Lipinski definition) is 3. The van der Waals surface area contributed by atoms with Gasteiger partial charge in [0.1, 0.15) is 0 Å². The zero-order chi connectivity index (χ0) is 12.1. The van der Waals surface area contributed by atoms with E-state index < -0.39 is 0 Å². The Morgan fingerprint density at radius 2 is 2.25 bits per heavy atom. The van der Waals surface area contributed by atoms with Crippen molar-refractivity contribution in [3.8, 4) is 0 Å². The topological polar surface area (TPSA) is 43.8 Å². The lowest BCUT2D eigenvalue weighted by Crippen LogP contribution is -2.20. The highest BCUT2D eigenvalue weighted by atomic mass is 35.5. The summed E-state index contributed by atoms with van der Waals surface area (Å²) in [6.07, 6.45) is 2.86. The fourth-order valence-electron chi connectivity index (χ4n) is 1.54. The van der Waals surface area contributed by atoms with Crippen LogP contribution >= 0.6 is 23.4 Å². The molecule has 0 spiro atoms. The molecular weight excluding hydrogens is 242 g/mol. The van der Waals surface area contributed by atoms with Crippen molar-refractivity contribution in [3.05, 3.63) is 16.9 Å². The lowest BCUT2D eigenvalue weighted by Gasteiger charge is -2.17. The maximum absolute atomic E-state index is 6.15. The van der Waals surface area contributed by atoms with E-state index in [1.165, 1.54) is 6.42 Å². The quantitative estimate of drug-likeness (QED) is 0.800. The number of nitrogens with zero attached hydrogens (tertiary/aromatic N) is 2. The lowest BCUT2D eigenvalue weighted by molar-refractivity contribution is 0.495. The van der Waals surface area contributed by atoms with Crippen molar-refractivity contribution in [1.82, 2.24) is 9.78 Å². The number of halogens is 1. The summed E-state index contributed by atoms with van der Waals surface area (Å²) < 4.78 is 1.92. The molecule has 1 rings (SSSR count). The van der Waals surface area contributed by atoms with Crippen LogP contribution in [-0.4, -0.2) is 21.3 Å². The Balaban J connectivity index is 2.73. The number of aromatic nitrogens is 2. The largest absolute Gasteiger partial charge is 0.322 e. The molecule has 1 atom stereocenters. The summed E-state index contributed by atoms with van der Waals surface area (Å²) in [4.78, 5) is 0. The third-order valence-corrected chi connectivity index (χ3v) is 3.86. The molecule has 0 aliphatic carbocycles. The summed E-state index contributed by atoms with van der Waals surface area (Å²) in [7, 11) is 0. The second-order valence-corrected chi connectivity index (χ2v) is 5.65. The number of nitrogens with two attached hydrogens (primary N) is 1. The van der Waals surface area contributed by atoms with Crippen LogP contribution in [0.25, 0.3) is 0 Å². The molecular formula is C11H20ClN3S. The molecule has 92 valence electrons. The first kappa shape index (κ1) is 13.9. The Bertz CT molecular complexity index is 325. The van der Waals surface area contributed by atoms with Gasteiger partial charge in [-0.1, -0.05) is 18.5 Å². The van der Waals surface area contributed by atoms with Gasteiger partial charge in [0, 0.05) is 11.8 Å². The summed E-state index contributed by atoms with van der Waals surface area (Å²) in [5.41, 5.74) is 7.11. The first-order chi connectivity index (χ1) is 7.57. The van der Waals surface area contributed by atoms with Gasteiger partial charge in [-0.3, -0.25) is 4.68 Å². The molecule has 1 aromatic heterocycles. The molecule has 0 radical (unpaired) electrons. The van der Waals surface area contributed by atoms with Crippen molar-refractivity contribution in [2.75, 3.05) is 11.5 Å². The molecule has 0 saturated heterocycles. The van der Waals surface area contributed by atoms with Crippen LogP contribution in [0.2, 0.25) is 5.02 Å². The van der Waals surface area contributed by atoms with Crippen LogP contribution in [-0.2, 0) is 0 Å². The van der Waals surface area contributed by atoms with E-state index in [1.54, 1.807) is 6.20 Å². The fraction of sp³-hybridized carbons (Fsp3) is 0.727. The van der Waals surface area contributed by atoms with E-state index in [9.17, 15) is 0 Å². The van der Waals surface area contributed by atoms with Gasteiger partial charge in [0.2, 0.25) is 0 Å². The smallest absolute Gasteiger partial charge is 0.0834 e. The normalized spacial score (nSPS) is 13.4. The zero-order valence-electron chi connectivity index (χ0n) is 10.1. The standard InChI is InChI=1S/C11H20ClN3S/c1-4-5-16-7-10(13)11-9(12)6-14-15(11)8(2)3/h6,8,10H,4-5,7,13H2,1-3H3. The van der Waals surface area contributed by atoms with Gasteiger partial charge in [0.15, 0.2) is 0 Å². The highest BCUT2D eigenvalue weighted by Gasteiger charge is 2.18. The van der Waals surface area contributed by atoms with Crippen molar-refractivity contribution < 1.29 is 0 Å². The maximum atomic E-state index is 6.15.